The second-order valence-electron chi connectivity index (χ2n) is 5.36. The number of nitrogens with one attached hydrogen (secondary N) is 2. The Morgan fingerprint density at radius 3 is 2.86 bits per heavy atom. The van der Waals surface area contributed by atoms with E-state index in [0.717, 1.165) is 32.1 Å². The van der Waals surface area contributed by atoms with Gasteiger partial charge in [-0.1, -0.05) is 25.3 Å². The Morgan fingerprint density at radius 2 is 2.10 bits per heavy atom. The number of thiophene rings is 1. The highest BCUT2D eigenvalue weighted by Crippen LogP contribution is 2.18. The molecule has 1 aliphatic carbocycles. The second-order valence-corrected chi connectivity index (χ2v) is 6.31. The lowest BCUT2D eigenvalue weighted by molar-refractivity contribution is -0.122. The molecule has 2 amide bonds. The molecule has 5 nitrogen and oxygen atoms in total. The number of carbonyl (C=O) groups excluding carboxylic acids is 2. The first-order valence-electron chi connectivity index (χ1n) is 7.46. The summed E-state index contributed by atoms with van der Waals surface area (Å²) in [5, 5.41) is 17.4. The number of aliphatic hydroxyl groups is 1. The zero-order chi connectivity index (χ0) is 15.1. The third-order valence-electron chi connectivity index (χ3n) is 3.71. The maximum atomic E-state index is 11.9. The molecule has 2 unspecified atom stereocenters. The van der Waals surface area contributed by atoms with Crippen molar-refractivity contribution in [2.45, 2.75) is 50.7 Å². The summed E-state index contributed by atoms with van der Waals surface area (Å²) < 4.78 is 0. The lowest BCUT2D eigenvalue weighted by atomic mass is 10.1. The van der Waals surface area contributed by atoms with Gasteiger partial charge in [0.25, 0.3) is 5.91 Å². The number of hydrogen-bond donors (Lipinski definition) is 3. The minimum absolute atomic E-state index is 0.118. The number of rotatable bonds is 5. The average Bonchev–Trinajstić information content (AvgIpc) is 2.92. The summed E-state index contributed by atoms with van der Waals surface area (Å²) in [5.74, 6) is -0.264. The second kappa shape index (κ2) is 8.14. The SMILES string of the molecule is O=C(CCNC(=O)c1cccs1)NC1CCCCCC1O. The molecule has 1 aromatic rings. The summed E-state index contributed by atoms with van der Waals surface area (Å²) in [4.78, 5) is 24.2. The van der Waals surface area contributed by atoms with Crippen LogP contribution in [0.2, 0.25) is 0 Å². The molecular formula is C15H22N2O3S. The van der Waals surface area contributed by atoms with Gasteiger partial charge in [0.05, 0.1) is 17.0 Å². The van der Waals surface area contributed by atoms with Gasteiger partial charge < -0.3 is 15.7 Å². The van der Waals surface area contributed by atoms with Crippen LogP contribution < -0.4 is 10.6 Å². The summed E-state index contributed by atoms with van der Waals surface area (Å²) in [6.45, 7) is 0.311. The molecule has 1 saturated carbocycles. The van der Waals surface area contributed by atoms with Crippen molar-refractivity contribution in [3.63, 3.8) is 0 Å². The molecule has 1 heterocycles. The molecule has 0 radical (unpaired) electrons. The number of aliphatic hydroxyl groups excluding tert-OH is 1. The molecule has 21 heavy (non-hydrogen) atoms. The predicted molar refractivity (Wildman–Crippen MR) is 82.3 cm³/mol. The maximum Gasteiger partial charge on any atom is 0.261 e. The van der Waals surface area contributed by atoms with Gasteiger partial charge in [-0.25, -0.2) is 0 Å². The smallest absolute Gasteiger partial charge is 0.261 e. The summed E-state index contributed by atoms with van der Waals surface area (Å²) in [6, 6.07) is 3.43. The van der Waals surface area contributed by atoms with E-state index in [1.54, 1.807) is 6.07 Å². The normalized spacial score (nSPS) is 22.3. The third-order valence-corrected chi connectivity index (χ3v) is 4.58. The average molecular weight is 310 g/mol. The molecule has 3 N–H and O–H groups in total. The maximum absolute atomic E-state index is 11.9. The van der Waals surface area contributed by atoms with Crippen LogP contribution in [0.5, 0.6) is 0 Å². The first-order valence-corrected chi connectivity index (χ1v) is 8.34. The first-order chi connectivity index (χ1) is 10.2. The van der Waals surface area contributed by atoms with Gasteiger partial charge in [0.2, 0.25) is 5.91 Å². The molecule has 1 fully saturated rings. The van der Waals surface area contributed by atoms with Crippen molar-refractivity contribution < 1.29 is 14.7 Å². The third kappa shape index (κ3) is 5.13. The van der Waals surface area contributed by atoms with E-state index in [4.69, 9.17) is 0 Å². The van der Waals surface area contributed by atoms with E-state index in [-0.39, 0.29) is 24.3 Å². The highest BCUT2D eigenvalue weighted by atomic mass is 32.1. The minimum atomic E-state index is -0.447. The van der Waals surface area contributed by atoms with Gasteiger partial charge in [0, 0.05) is 13.0 Å². The van der Waals surface area contributed by atoms with Crippen molar-refractivity contribution in [1.29, 1.82) is 0 Å². The summed E-state index contributed by atoms with van der Waals surface area (Å²) in [7, 11) is 0. The lowest BCUT2D eigenvalue weighted by Crippen LogP contribution is -2.43. The van der Waals surface area contributed by atoms with Gasteiger partial charge in [-0.2, -0.15) is 0 Å². The minimum Gasteiger partial charge on any atom is -0.391 e. The van der Waals surface area contributed by atoms with Crippen LogP contribution in [0.4, 0.5) is 0 Å². The molecule has 0 aliphatic heterocycles. The van der Waals surface area contributed by atoms with Crippen LogP contribution >= 0.6 is 11.3 Å². The molecule has 116 valence electrons. The van der Waals surface area contributed by atoms with E-state index < -0.39 is 6.10 Å². The Kier molecular flexibility index (Phi) is 6.20. The largest absolute Gasteiger partial charge is 0.391 e. The molecule has 0 spiro atoms. The van der Waals surface area contributed by atoms with E-state index in [0.29, 0.717) is 11.4 Å². The first kappa shape index (κ1) is 16.0. The van der Waals surface area contributed by atoms with Crippen molar-refractivity contribution in [2.75, 3.05) is 6.54 Å². The fourth-order valence-corrected chi connectivity index (χ4v) is 3.16. The molecule has 0 aromatic carbocycles. The molecule has 1 aliphatic rings. The van der Waals surface area contributed by atoms with Crippen LogP contribution in [0.25, 0.3) is 0 Å². The van der Waals surface area contributed by atoms with E-state index in [9.17, 15) is 14.7 Å². The van der Waals surface area contributed by atoms with Gasteiger partial charge >= 0.3 is 0 Å². The standard InChI is InChI=1S/C15H22N2O3S/c18-12-6-3-1-2-5-11(12)17-14(19)8-9-16-15(20)13-7-4-10-21-13/h4,7,10-12,18H,1-3,5-6,8-9H2,(H,16,20)(H,17,19). The Labute approximate surface area is 128 Å². The van der Waals surface area contributed by atoms with Crippen molar-refractivity contribution in [2.24, 2.45) is 0 Å². The Bertz CT molecular complexity index is 461. The zero-order valence-corrected chi connectivity index (χ0v) is 12.8. The van der Waals surface area contributed by atoms with Gasteiger partial charge in [-0.05, 0) is 24.3 Å². The molecular weight excluding hydrogens is 288 g/mol. The topological polar surface area (TPSA) is 78.4 Å². The van der Waals surface area contributed by atoms with E-state index in [2.05, 4.69) is 10.6 Å². The summed E-state index contributed by atoms with van der Waals surface area (Å²) >= 11 is 1.38. The Morgan fingerprint density at radius 1 is 1.29 bits per heavy atom. The van der Waals surface area contributed by atoms with Crippen molar-refractivity contribution in [3.8, 4) is 0 Å². The zero-order valence-electron chi connectivity index (χ0n) is 12.0. The van der Waals surface area contributed by atoms with E-state index in [1.165, 1.54) is 11.3 Å². The lowest BCUT2D eigenvalue weighted by Gasteiger charge is -2.21. The van der Waals surface area contributed by atoms with Crippen LogP contribution in [0.1, 0.15) is 48.2 Å². The highest BCUT2D eigenvalue weighted by molar-refractivity contribution is 7.12. The van der Waals surface area contributed by atoms with Gasteiger partial charge in [0.1, 0.15) is 0 Å². The quantitative estimate of drug-likeness (QED) is 0.724. The summed E-state index contributed by atoms with van der Waals surface area (Å²) in [6.07, 6.45) is 4.54. The molecule has 2 rings (SSSR count). The molecule has 1 aromatic heterocycles. The predicted octanol–water partition coefficient (Wildman–Crippen LogP) is 1.68. The Balaban J connectivity index is 1.68. The van der Waals surface area contributed by atoms with E-state index >= 15 is 0 Å². The van der Waals surface area contributed by atoms with Crippen molar-refractivity contribution >= 4 is 23.2 Å². The fraction of sp³-hybridized carbons (Fsp3) is 0.600. The number of amides is 2. The highest BCUT2D eigenvalue weighted by Gasteiger charge is 2.22. The van der Waals surface area contributed by atoms with E-state index in [1.807, 2.05) is 11.4 Å². The van der Waals surface area contributed by atoms with Gasteiger partial charge in [-0.15, -0.1) is 11.3 Å². The molecule has 6 heteroatoms. The van der Waals surface area contributed by atoms with Crippen LogP contribution in [-0.4, -0.2) is 35.6 Å². The van der Waals surface area contributed by atoms with Crippen LogP contribution in [0, 0.1) is 0 Å². The Hall–Kier alpha value is -1.40. The molecule has 0 saturated heterocycles. The molecule has 0 bridgehead atoms. The fourth-order valence-electron chi connectivity index (χ4n) is 2.52. The van der Waals surface area contributed by atoms with Crippen molar-refractivity contribution in [3.05, 3.63) is 22.4 Å². The van der Waals surface area contributed by atoms with Crippen LogP contribution in [0.3, 0.4) is 0 Å². The van der Waals surface area contributed by atoms with Gasteiger partial charge in [-0.3, -0.25) is 9.59 Å². The van der Waals surface area contributed by atoms with Gasteiger partial charge in [0.15, 0.2) is 0 Å². The monoisotopic (exact) mass is 310 g/mol. The number of hydrogen-bond acceptors (Lipinski definition) is 4. The van der Waals surface area contributed by atoms with Crippen LogP contribution in [-0.2, 0) is 4.79 Å². The summed E-state index contributed by atoms with van der Waals surface area (Å²) in [5.41, 5.74) is 0. The molecule has 2 atom stereocenters. The van der Waals surface area contributed by atoms with Crippen molar-refractivity contribution in [1.82, 2.24) is 10.6 Å². The van der Waals surface area contributed by atoms with Crippen LogP contribution in [0.15, 0.2) is 17.5 Å². The number of carbonyl (C=O) groups is 2.